The molecule has 1 aliphatic rings. The molecule has 80 valence electrons. The molecule has 1 fully saturated rings. The van der Waals surface area contributed by atoms with Crippen LogP contribution in [0.2, 0.25) is 0 Å². The maximum absolute atomic E-state index is 8.15. The van der Waals surface area contributed by atoms with E-state index >= 15 is 0 Å². The maximum atomic E-state index is 8.15. The van der Waals surface area contributed by atoms with E-state index in [4.69, 9.17) is 19.4 Å². The summed E-state index contributed by atoms with van der Waals surface area (Å²) in [6.07, 6.45) is 1.43. The van der Waals surface area contributed by atoms with Crippen LogP contribution >= 0.6 is 0 Å². The van der Waals surface area contributed by atoms with Gasteiger partial charge in [-0.05, 0) is 12.5 Å². The molecule has 0 atom stereocenters. The van der Waals surface area contributed by atoms with Crippen LogP contribution in [0, 0.1) is 0 Å². The lowest BCUT2D eigenvalue weighted by Gasteiger charge is -2.17. The Morgan fingerprint density at radius 2 is 2.33 bits per heavy atom. The van der Waals surface area contributed by atoms with Gasteiger partial charge in [0.25, 0.3) is 5.89 Å². The molecule has 7 heteroatoms. The third-order valence-electron chi connectivity index (χ3n) is 2.07. The van der Waals surface area contributed by atoms with Gasteiger partial charge in [-0.1, -0.05) is 5.11 Å². The van der Waals surface area contributed by atoms with Crippen molar-refractivity contribution in [3.05, 3.63) is 28.3 Å². The molecular formula is C8H10N4O3. The molecule has 15 heavy (non-hydrogen) atoms. The molecule has 1 aliphatic heterocycles. The van der Waals surface area contributed by atoms with Crippen LogP contribution < -0.4 is 0 Å². The van der Waals surface area contributed by atoms with E-state index in [0.717, 1.165) is 0 Å². The molecular weight excluding hydrogens is 200 g/mol. The fourth-order valence-electron chi connectivity index (χ4n) is 1.33. The van der Waals surface area contributed by atoms with Crippen molar-refractivity contribution >= 4 is 0 Å². The van der Waals surface area contributed by atoms with Crippen molar-refractivity contribution in [3.63, 3.8) is 0 Å². The van der Waals surface area contributed by atoms with Crippen LogP contribution in [0.1, 0.15) is 18.5 Å². The number of ether oxygens (including phenoxy) is 2. The minimum absolute atomic E-state index is 0.163. The van der Waals surface area contributed by atoms with E-state index in [2.05, 4.69) is 15.0 Å². The first kappa shape index (κ1) is 9.97. The zero-order valence-corrected chi connectivity index (χ0v) is 8.21. The predicted molar refractivity (Wildman–Crippen MR) is 48.6 cm³/mol. The third-order valence-corrected chi connectivity index (χ3v) is 2.07. The molecule has 0 unspecified atom stereocenters. The summed E-state index contributed by atoms with van der Waals surface area (Å²) < 4.78 is 15.9. The number of rotatable bonds is 3. The van der Waals surface area contributed by atoms with Crippen LogP contribution in [-0.2, 0) is 21.8 Å². The first-order valence-corrected chi connectivity index (χ1v) is 4.48. The molecule has 0 spiro atoms. The monoisotopic (exact) mass is 210 g/mol. The molecule has 0 saturated carbocycles. The second kappa shape index (κ2) is 3.90. The first-order chi connectivity index (χ1) is 7.24. The molecule has 1 aromatic heterocycles. The largest absolute Gasteiger partial charge is 0.444 e. The molecule has 1 saturated heterocycles. The van der Waals surface area contributed by atoms with E-state index < -0.39 is 5.79 Å². The van der Waals surface area contributed by atoms with Crippen molar-refractivity contribution in [1.82, 2.24) is 4.98 Å². The molecule has 0 aromatic carbocycles. The smallest absolute Gasteiger partial charge is 0.255 e. The van der Waals surface area contributed by atoms with Crippen molar-refractivity contribution in [2.24, 2.45) is 5.11 Å². The number of hydrogen-bond donors (Lipinski definition) is 0. The minimum Gasteiger partial charge on any atom is -0.444 e. The summed E-state index contributed by atoms with van der Waals surface area (Å²) in [6.45, 7) is 2.94. The Morgan fingerprint density at radius 3 is 3.00 bits per heavy atom. The molecule has 0 aliphatic carbocycles. The summed E-state index contributed by atoms with van der Waals surface area (Å²) in [5.74, 6) is -0.558. The van der Waals surface area contributed by atoms with Gasteiger partial charge in [-0.25, -0.2) is 4.98 Å². The van der Waals surface area contributed by atoms with Crippen LogP contribution in [0.3, 0.4) is 0 Å². The maximum Gasteiger partial charge on any atom is 0.255 e. The zero-order chi connectivity index (χ0) is 10.7. The van der Waals surface area contributed by atoms with E-state index in [-0.39, 0.29) is 6.54 Å². The highest BCUT2D eigenvalue weighted by molar-refractivity contribution is 5.01. The van der Waals surface area contributed by atoms with Crippen LogP contribution in [0.4, 0.5) is 0 Å². The van der Waals surface area contributed by atoms with Gasteiger partial charge in [0, 0.05) is 4.91 Å². The van der Waals surface area contributed by atoms with Crippen molar-refractivity contribution < 1.29 is 13.9 Å². The number of hydrogen-bond acceptors (Lipinski definition) is 5. The summed E-state index contributed by atoms with van der Waals surface area (Å²) >= 11 is 0. The van der Waals surface area contributed by atoms with Gasteiger partial charge in [0.15, 0.2) is 0 Å². The summed E-state index contributed by atoms with van der Waals surface area (Å²) in [7, 11) is 0. The summed E-state index contributed by atoms with van der Waals surface area (Å²) in [5.41, 5.74) is 8.71. The topological polar surface area (TPSA) is 93.3 Å². The molecule has 1 aromatic rings. The number of nitrogens with zero attached hydrogens (tertiary/aromatic N) is 4. The summed E-state index contributed by atoms with van der Waals surface area (Å²) in [4.78, 5) is 6.76. The van der Waals surface area contributed by atoms with Gasteiger partial charge in [-0.2, -0.15) is 0 Å². The third kappa shape index (κ3) is 1.94. The average Bonchev–Trinajstić information content (AvgIpc) is 2.84. The molecule has 2 rings (SSSR count). The lowest BCUT2D eigenvalue weighted by Crippen LogP contribution is -2.22. The van der Waals surface area contributed by atoms with Gasteiger partial charge < -0.3 is 13.9 Å². The van der Waals surface area contributed by atoms with Crippen molar-refractivity contribution in [2.75, 3.05) is 13.2 Å². The number of azide groups is 1. The van der Waals surface area contributed by atoms with Gasteiger partial charge in [0.2, 0.25) is 5.79 Å². The van der Waals surface area contributed by atoms with E-state index in [9.17, 15) is 0 Å². The van der Waals surface area contributed by atoms with E-state index in [1.54, 1.807) is 6.92 Å². The predicted octanol–water partition coefficient (Wildman–Crippen LogP) is 1.70. The standard InChI is InChI=1S/C8H10N4O3/c1-8(14-2-3-15-8)7-11-6(5-13-7)4-10-12-9/h5H,2-4H2,1H3. The molecule has 0 radical (unpaired) electrons. The Balaban J connectivity index is 2.15. The summed E-state index contributed by atoms with van der Waals surface area (Å²) in [5, 5.41) is 3.38. The van der Waals surface area contributed by atoms with Crippen molar-refractivity contribution in [3.8, 4) is 0 Å². The van der Waals surface area contributed by atoms with Gasteiger partial charge in [0.05, 0.1) is 25.5 Å². The van der Waals surface area contributed by atoms with Gasteiger partial charge in [0.1, 0.15) is 6.26 Å². The van der Waals surface area contributed by atoms with Gasteiger partial charge >= 0.3 is 0 Å². The number of oxazole rings is 1. The fraction of sp³-hybridized carbons (Fsp3) is 0.625. The molecule has 7 nitrogen and oxygen atoms in total. The molecule has 0 N–H and O–H groups in total. The Labute approximate surface area is 85.6 Å². The second-order valence-electron chi connectivity index (χ2n) is 3.18. The fourth-order valence-corrected chi connectivity index (χ4v) is 1.33. The minimum atomic E-state index is -0.908. The lowest BCUT2D eigenvalue weighted by atomic mass is 10.3. The zero-order valence-electron chi connectivity index (χ0n) is 8.21. The molecule has 0 bridgehead atoms. The molecule has 2 heterocycles. The SMILES string of the molecule is CC1(c2nc(CN=[N+]=[N-])co2)OCCO1. The highest BCUT2D eigenvalue weighted by Crippen LogP contribution is 2.29. The Hall–Kier alpha value is -1.56. The van der Waals surface area contributed by atoms with Crippen LogP contribution in [0.25, 0.3) is 10.4 Å². The van der Waals surface area contributed by atoms with Crippen LogP contribution in [0.15, 0.2) is 15.8 Å². The van der Waals surface area contributed by atoms with E-state index in [1.807, 2.05) is 0 Å². The summed E-state index contributed by atoms with van der Waals surface area (Å²) in [6, 6.07) is 0. The first-order valence-electron chi connectivity index (χ1n) is 4.48. The highest BCUT2D eigenvalue weighted by Gasteiger charge is 2.38. The van der Waals surface area contributed by atoms with Crippen molar-refractivity contribution in [1.29, 1.82) is 0 Å². The average molecular weight is 210 g/mol. The Morgan fingerprint density at radius 1 is 1.60 bits per heavy atom. The van der Waals surface area contributed by atoms with Crippen molar-refractivity contribution in [2.45, 2.75) is 19.3 Å². The van der Waals surface area contributed by atoms with Crippen LogP contribution in [-0.4, -0.2) is 18.2 Å². The Kier molecular flexibility index (Phi) is 2.59. The normalized spacial score (nSPS) is 18.7. The van der Waals surface area contributed by atoms with E-state index in [0.29, 0.717) is 24.8 Å². The molecule has 0 amide bonds. The van der Waals surface area contributed by atoms with Crippen LogP contribution in [0.5, 0.6) is 0 Å². The number of aromatic nitrogens is 1. The van der Waals surface area contributed by atoms with E-state index in [1.165, 1.54) is 6.26 Å². The Bertz CT molecular complexity index is 390. The lowest BCUT2D eigenvalue weighted by molar-refractivity contribution is -0.166. The second-order valence-corrected chi connectivity index (χ2v) is 3.18. The van der Waals surface area contributed by atoms with Gasteiger partial charge in [-0.3, -0.25) is 0 Å². The highest BCUT2D eigenvalue weighted by atomic mass is 16.7. The van der Waals surface area contributed by atoms with Gasteiger partial charge in [-0.15, -0.1) is 0 Å². The quantitative estimate of drug-likeness (QED) is 0.431.